The van der Waals surface area contributed by atoms with Crippen LogP contribution < -0.4 is 10.5 Å². The molecule has 0 amide bonds. The van der Waals surface area contributed by atoms with Crippen LogP contribution in [0, 0.1) is 5.92 Å². The van der Waals surface area contributed by atoms with Gasteiger partial charge in [-0.3, -0.25) is 8.98 Å². The molecule has 0 unspecified atom stereocenters. The van der Waals surface area contributed by atoms with Crippen LogP contribution in [0.15, 0.2) is 42.2 Å². The Kier molecular flexibility index (Phi) is 7.86. The second-order valence-corrected chi connectivity index (χ2v) is 11.0. The number of anilines is 1. The SMILES string of the molecule is NS(=O)(=O)OC[C@@H]1CC[C@H](Nc2ncncc2C(=O)c2cc(Cc3cccc(Cl)c3Cl)cs2)C1. The number of nitrogens with one attached hydrogen (secondary N) is 1. The molecule has 1 aliphatic rings. The molecule has 0 saturated heterocycles. The van der Waals surface area contributed by atoms with E-state index in [-0.39, 0.29) is 24.3 Å². The first-order valence-electron chi connectivity index (χ1n) is 10.5. The quantitative estimate of drug-likeness (QED) is 0.383. The molecular formula is C22H22Cl2N4O4S2. The van der Waals surface area contributed by atoms with E-state index in [2.05, 4.69) is 15.3 Å². The van der Waals surface area contributed by atoms with E-state index >= 15 is 0 Å². The van der Waals surface area contributed by atoms with Crippen molar-refractivity contribution in [3.63, 3.8) is 0 Å². The number of thiophene rings is 1. The second-order valence-electron chi connectivity index (χ2n) is 8.12. The summed E-state index contributed by atoms with van der Waals surface area (Å²) in [7, 11) is -3.96. The van der Waals surface area contributed by atoms with Gasteiger partial charge in [-0.05, 0) is 60.2 Å². The van der Waals surface area contributed by atoms with Crippen molar-refractivity contribution in [2.24, 2.45) is 11.1 Å². The molecule has 1 fully saturated rings. The van der Waals surface area contributed by atoms with Crippen molar-refractivity contribution in [2.75, 3.05) is 11.9 Å². The lowest BCUT2D eigenvalue weighted by Crippen LogP contribution is -2.22. The fraction of sp³-hybridized carbons (Fsp3) is 0.318. The lowest BCUT2D eigenvalue weighted by Gasteiger charge is -2.15. The lowest BCUT2D eigenvalue weighted by molar-refractivity contribution is 0.104. The minimum atomic E-state index is -3.96. The van der Waals surface area contributed by atoms with Crippen molar-refractivity contribution in [1.29, 1.82) is 0 Å². The van der Waals surface area contributed by atoms with Gasteiger partial charge in [-0.15, -0.1) is 11.3 Å². The van der Waals surface area contributed by atoms with Crippen LogP contribution in [0.3, 0.4) is 0 Å². The maximum absolute atomic E-state index is 13.2. The number of aromatic nitrogens is 2. The summed E-state index contributed by atoms with van der Waals surface area (Å²) in [6, 6.07) is 7.36. The molecular weight excluding hydrogens is 519 g/mol. The first kappa shape index (κ1) is 25.0. The molecule has 0 bridgehead atoms. The average molecular weight is 541 g/mol. The maximum Gasteiger partial charge on any atom is 0.333 e. The minimum Gasteiger partial charge on any atom is -0.367 e. The van der Waals surface area contributed by atoms with E-state index in [0.29, 0.717) is 39.1 Å². The molecule has 1 saturated carbocycles. The number of carbonyl (C=O) groups is 1. The van der Waals surface area contributed by atoms with Crippen molar-refractivity contribution in [3.8, 4) is 0 Å². The first-order valence-corrected chi connectivity index (χ1v) is 13.6. The summed E-state index contributed by atoms with van der Waals surface area (Å²) in [6.45, 7) is 0.0428. The van der Waals surface area contributed by atoms with E-state index in [4.69, 9.17) is 32.5 Å². The molecule has 8 nitrogen and oxygen atoms in total. The lowest BCUT2D eigenvalue weighted by atomic mass is 10.1. The number of benzene rings is 1. The van der Waals surface area contributed by atoms with Crippen molar-refractivity contribution in [3.05, 3.63) is 73.8 Å². The molecule has 2 heterocycles. The highest BCUT2D eigenvalue weighted by Crippen LogP contribution is 2.31. The Morgan fingerprint density at radius 2 is 2.12 bits per heavy atom. The van der Waals surface area contributed by atoms with Crippen LogP contribution in [-0.2, 0) is 20.9 Å². The van der Waals surface area contributed by atoms with Crippen molar-refractivity contribution < 1.29 is 17.4 Å². The summed E-state index contributed by atoms with van der Waals surface area (Å²) in [4.78, 5) is 22.1. The molecule has 0 aliphatic heterocycles. The van der Waals surface area contributed by atoms with Crippen LogP contribution in [0.1, 0.15) is 45.6 Å². The van der Waals surface area contributed by atoms with E-state index in [1.165, 1.54) is 23.9 Å². The molecule has 0 radical (unpaired) electrons. The van der Waals surface area contributed by atoms with Crippen LogP contribution in [0.25, 0.3) is 0 Å². The normalized spacial score (nSPS) is 18.2. The number of halogens is 2. The highest BCUT2D eigenvalue weighted by molar-refractivity contribution is 7.84. The number of hydrogen-bond acceptors (Lipinski definition) is 8. The highest BCUT2D eigenvalue weighted by Gasteiger charge is 2.28. The Hall–Kier alpha value is -2.08. The van der Waals surface area contributed by atoms with Gasteiger partial charge in [-0.2, -0.15) is 8.42 Å². The number of ketones is 1. The van der Waals surface area contributed by atoms with E-state index in [1.54, 1.807) is 6.07 Å². The van der Waals surface area contributed by atoms with Crippen molar-refractivity contribution >= 4 is 56.4 Å². The van der Waals surface area contributed by atoms with Gasteiger partial charge < -0.3 is 5.32 Å². The molecule has 0 spiro atoms. The Morgan fingerprint density at radius 1 is 1.29 bits per heavy atom. The fourth-order valence-electron chi connectivity index (χ4n) is 3.98. The van der Waals surface area contributed by atoms with Gasteiger partial charge in [-0.25, -0.2) is 15.1 Å². The van der Waals surface area contributed by atoms with Crippen LogP contribution in [0.2, 0.25) is 10.0 Å². The maximum atomic E-state index is 13.2. The molecule has 1 aliphatic carbocycles. The number of hydrogen-bond donors (Lipinski definition) is 2. The summed E-state index contributed by atoms with van der Waals surface area (Å²) >= 11 is 13.8. The molecule has 2 atom stereocenters. The molecule has 2 aromatic heterocycles. The molecule has 34 heavy (non-hydrogen) atoms. The van der Waals surface area contributed by atoms with E-state index < -0.39 is 10.3 Å². The van der Waals surface area contributed by atoms with Crippen LogP contribution in [0.4, 0.5) is 5.82 Å². The molecule has 1 aromatic carbocycles. The van der Waals surface area contributed by atoms with Crippen molar-refractivity contribution in [1.82, 2.24) is 9.97 Å². The van der Waals surface area contributed by atoms with Gasteiger partial charge in [0.05, 0.1) is 27.1 Å². The number of nitrogens with two attached hydrogens (primary N) is 1. The Balaban J connectivity index is 1.44. The van der Waals surface area contributed by atoms with Crippen LogP contribution in [0.5, 0.6) is 0 Å². The summed E-state index contributed by atoms with van der Waals surface area (Å²) in [6.07, 6.45) is 5.69. The zero-order valence-corrected chi connectivity index (χ0v) is 21.1. The monoisotopic (exact) mass is 540 g/mol. The third kappa shape index (κ3) is 6.32. The molecule has 3 N–H and O–H groups in total. The topological polar surface area (TPSA) is 124 Å². The summed E-state index contributed by atoms with van der Waals surface area (Å²) < 4.78 is 26.8. The van der Waals surface area contributed by atoms with E-state index in [1.807, 2.05) is 23.6 Å². The minimum absolute atomic E-state index is 0.0272. The molecule has 12 heteroatoms. The molecule has 3 aromatic rings. The van der Waals surface area contributed by atoms with Crippen LogP contribution >= 0.6 is 34.5 Å². The van der Waals surface area contributed by atoms with Gasteiger partial charge in [0.1, 0.15) is 12.1 Å². The van der Waals surface area contributed by atoms with Gasteiger partial charge in [-0.1, -0.05) is 35.3 Å². The third-order valence-electron chi connectivity index (χ3n) is 5.61. The van der Waals surface area contributed by atoms with Gasteiger partial charge >= 0.3 is 10.3 Å². The zero-order chi connectivity index (χ0) is 24.3. The Morgan fingerprint density at radius 3 is 2.91 bits per heavy atom. The van der Waals surface area contributed by atoms with E-state index in [9.17, 15) is 13.2 Å². The average Bonchev–Trinajstić information content (AvgIpc) is 3.45. The van der Waals surface area contributed by atoms with Gasteiger partial charge in [0, 0.05) is 12.2 Å². The Labute approximate surface area is 211 Å². The first-order chi connectivity index (χ1) is 16.2. The second kappa shape index (κ2) is 10.7. The smallest absolute Gasteiger partial charge is 0.333 e. The van der Waals surface area contributed by atoms with E-state index in [0.717, 1.165) is 24.0 Å². The summed E-state index contributed by atoms with van der Waals surface area (Å²) in [5.41, 5.74) is 2.22. The zero-order valence-electron chi connectivity index (χ0n) is 17.9. The predicted octanol–water partition coefficient (Wildman–Crippen LogP) is 4.47. The fourth-order valence-corrected chi connectivity index (χ4v) is 5.61. The third-order valence-corrected chi connectivity index (χ3v) is 7.91. The predicted molar refractivity (Wildman–Crippen MR) is 133 cm³/mol. The molecule has 180 valence electrons. The Bertz CT molecular complexity index is 1300. The molecule has 4 rings (SSSR count). The standard InChI is InChI=1S/C22H22Cl2N4O4S2/c23-18-3-1-2-15(20(18)24)6-14-8-19(33-11-14)21(29)17-9-26-12-27-22(17)28-16-5-4-13(7-16)10-32-34(25,30)31/h1-3,8-9,11-13,16H,4-7,10H2,(H2,25,30,31)(H,26,27,28)/t13-,16+/m1/s1. The van der Waals surface area contributed by atoms with Gasteiger partial charge in [0.25, 0.3) is 0 Å². The number of nitrogens with zero attached hydrogens (tertiary/aromatic N) is 2. The van der Waals surface area contributed by atoms with Gasteiger partial charge in [0.15, 0.2) is 0 Å². The summed E-state index contributed by atoms with van der Waals surface area (Å²) in [5.74, 6) is 0.324. The van der Waals surface area contributed by atoms with Gasteiger partial charge in [0.2, 0.25) is 5.78 Å². The van der Waals surface area contributed by atoms with Crippen LogP contribution in [-0.4, -0.2) is 36.8 Å². The van der Waals surface area contributed by atoms with Crippen molar-refractivity contribution in [2.45, 2.75) is 31.7 Å². The number of rotatable bonds is 9. The number of carbonyl (C=O) groups excluding carboxylic acids is 1. The summed E-state index contributed by atoms with van der Waals surface area (Å²) in [5, 5.41) is 11.1. The highest BCUT2D eigenvalue weighted by atomic mass is 35.5. The largest absolute Gasteiger partial charge is 0.367 e.